The van der Waals surface area contributed by atoms with Crippen LogP contribution in [-0.4, -0.2) is 44.3 Å². The highest BCUT2D eigenvalue weighted by atomic mass is 35.5. The number of hydrogen-bond donors (Lipinski definition) is 1. The average molecular weight is 556 g/mol. The third-order valence-corrected chi connectivity index (χ3v) is 8.27. The molecule has 0 heterocycles. The van der Waals surface area contributed by atoms with E-state index in [4.69, 9.17) is 11.6 Å². The summed E-state index contributed by atoms with van der Waals surface area (Å²) in [4.78, 5) is 28.2. The van der Waals surface area contributed by atoms with Crippen LogP contribution in [0, 0.1) is 0 Å². The lowest BCUT2D eigenvalue weighted by Crippen LogP contribution is -2.51. The number of hydrogen-bond acceptors (Lipinski definition) is 4. The number of benzene rings is 3. The van der Waals surface area contributed by atoms with Crippen LogP contribution in [0.15, 0.2) is 83.8 Å². The lowest BCUT2D eigenvalue weighted by Gasteiger charge is -2.32. The fourth-order valence-corrected chi connectivity index (χ4v) is 5.47. The predicted molar refractivity (Wildman–Crippen MR) is 152 cm³/mol. The molecule has 0 aromatic heterocycles. The number of anilines is 1. The normalized spacial score (nSPS) is 12.0. The number of rotatable bonds is 12. The van der Waals surface area contributed by atoms with Crippen molar-refractivity contribution in [1.82, 2.24) is 10.2 Å². The van der Waals surface area contributed by atoms with Gasteiger partial charge >= 0.3 is 0 Å². The molecule has 0 spiro atoms. The molecular formula is C29H34ClN3O4S. The van der Waals surface area contributed by atoms with Gasteiger partial charge in [-0.05, 0) is 67.3 Å². The molecule has 0 aliphatic heterocycles. The summed E-state index contributed by atoms with van der Waals surface area (Å²) in [6.07, 6.45) is 1.55. The second-order valence-corrected chi connectivity index (χ2v) is 11.3. The maximum absolute atomic E-state index is 13.8. The largest absolute Gasteiger partial charge is 0.354 e. The van der Waals surface area contributed by atoms with Crippen LogP contribution in [0.4, 0.5) is 5.69 Å². The molecule has 0 bridgehead atoms. The second-order valence-electron chi connectivity index (χ2n) is 8.96. The monoisotopic (exact) mass is 555 g/mol. The Labute approximate surface area is 230 Å². The molecule has 1 N–H and O–H groups in total. The number of carbonyl (C=O) groups is 2. The molecule has 3 aromatic rings. The summed E-state index contributed by atoms with van der Waals surface area (Å²) in [5, 5.41) is 3.38. The molecule has 2 amide bonds. The maximum Gasteiger partial charge on any atom is 0.264 e. The van der Waals surface area contributed by atoms with Gasteiger partial charge in [0.1, 0.15) is 12.6 Å². The quantitative estimate of drug-likeness (QED) is 0.339. The van der Waals surface area contributed by atoms with Crippen LogP contribution in [0.3, 0.4) is 0 Å². The SMILES string of the molecule is CCCNC(=O)C(C)N(Cc1ccc(Cl)cc1)C(=O)CN(c1ccc(CC)cc1)S(=O)(=O)c1ccccc1. The van der Waals surface area contributed by atoms with E-state index in [1.807, 2.05) is 26.0 Å². The second kappa shape index (κ2) is 13.4. The minimum atomic E-state index is -4.07. The van der Waals surface area contributed by atoms with Gasteiger partial charge in [0.25, 0.3) is 10.0 Å². The highest BCUT2D eigenvalue weighted by molar-refractivity contribution is 7.92. The van der Waals surface area contributed by atoms with Crippen molar-refractivity contribution in [3.8, 4) is 0 Å². The standard InChI is InChI=1S/C29H34ClN3O4S/c1-4-19-31-29(35)22(3)32(20-24-11-15-25(30)16-12-24)28(34)21-33(26-17-13-23(5-2)14-18-26)38(36,37)27-9-7-6-8-10-27/h6-18,22H,4-5,19-21H2,1-3H3,(H,31,35). The molecule has 0 saturated carbocycles. The summed E-state index contributed by atoms with van der Waals surface area (Å²) >= 11 is 6.03. The van der Waals surface area contributed by atoms with Crippen molar-refractivity contribution in [3.63, 3.8) is 0 Å². The fraction of sp³-hybridized carbons (Fsp3) is 0.310. The Morgan fingerprint density at radius 3 is 2.08 bits per heavy atom. The molecule has 0 fully saturated rings. The first-order chi connectivity index (χ1) is 18.2. The van der Waals surface area contributed by atoms with Gasteiger partial charge in [0.05, 0.1) is 10.6 Å². The van der Waals surface area contributed by atoms with Crippen molar-refractivity contribution in [3.05, 3.63) is 95.0 Å². The number of nitrogens with one attached hydrogen (secondary N) is 1. The zero-order valence-corrected chi connectivity index (χ0v) is 23.5. The molecule has 38 heavy (non-hydrogen) atoms. The summed E-state index contributed by atoms with van der Waals surface area (Å²) < 4.78 is 28.6. The van der Waals surface area contributed by atoms with E-state index in [9.17, 15) is 18.0 Å². The first kappa shape index (κ1) is 29.2. The van der Waals surface area contributed by atoms with Crippen LogP contribution in [-0.2, 0) is 32.6 Å². The smallest absolute Gasteiger partial charge is 0.264 e. The van der Waals surface area contributed by atoms with Gasteiger partial charge in [0, 0.05) is 18.1 Å². The van der Waals surface area contributed by atoms with E-state index in [-0.39, 0.29) is 17.3 Å². The van der Waals surface area contributed by atoms with Crippen molar-refractivity contribution in [2.75, 3.05) is 17.4 Å². The van der Waals surface area contributed by atoms with E-state index in [0.29, 0.717) is 17.3 Å². The van der Waals surface area contributed by atoms with Crippen molar-refractivity contribution < 1.29 is 18.0 Å². The molecule has 202 valence electrons. The Morgan fingerprint density at radius 1 is 0.895 bits per heavy atom. The van der Waals surface area contributed by atoms with Gasteiger partial charge in [-0.25, -0.2) is 8.42 Å². The summed E-state index contributed by atoms with van der Waals surface area (Å²) in [5.41, 5.74) is 2.18. The molecule has 0 aliphatic carbocycles. The summed E-state index contributed by atoms with van der Waals surface area (Å²) in [6.45, 7) is 5.72. The third kappa shape index (κ3) is 7.36. The number of aryl methyl sites for hydroxylation is 1. The Kier molecular flexibility index (Phi) is 10.3. The summed E-state index contributed by atoms with van der Waals surface area (Å²) in [5.74, 6) is -0.808. The summed E-state index contributed by atoms with van der Waals surface area (Å²) in [6, 6.07) is 21.3. The average Bonchev–Trinajstić information content (AvgIpc) is 2.94. The number of halogens is 1. The van der Waals surface area contributed by atoms with Gasteiger partial charge in [0.15, 0.2) is 0 Å². The molecule has 0 saturated heterocycles. The number of amides is 2. The van der Waals surface area contributed by atoms with E-state index in [1.165, 1.54) is 17.0 Å². The van der Waals surface area contributed by atoms with E-state index < -0.39 is 28.5 Å². The van der Waals surface area contributed by atoms with Crippen LogP contribution < -0.4 is 9.62 Å². The van der Waals surface area contributed by atoms with Gasteiger partial charge in [-0.15, -0.1) is 0 Å². The lowest BCUT2D eigenvalue weighted by atomic mass is 10.1. The Balaban J connectivity index is 2.00. The zero-order chi connectivity index (χ0) is 27.7. The van der Waals surface area contributed by atoms with Gasteiger partial charge in [-0.2, -0.15) is 0 Å². The number of carbonyl (C=O) groups excluding carboxylic acids is 2. The van der Waals surface area contributed by atoms with Crippen LogP contribution >= 0.6 is 11.6 Å². The van der Waals surface area contributed by atoms with Gasteiger partial charge in [-0.1, -0.05) is 67.9 Å². The minimum absolute atomic E-state index is 0.0744. The number of nitrogens with zero attached hydrogens (tertiary/aromatic N) is 2. The van der Waals surface area contributed by atoms with E-state index in [1.54, 1.807) is 61.5 Å². The van der Waals surface area contributed by atoms with Gasteiger partial charge in [-0.3, -0.25) is 13.9 Å². The minimum Gasteiger partial charge on any atom is -0.354 e. The first-order valence-electron chi connectivity index (χ1n) is 12.7. The van der Waals surface area contributed by atoms with Crippen molar-refractivity contribution in [2.24, 2.45) is 0 Å². The predicted octanol–water partition coefficient (Wildman–Crippen LogP) is 5.04. The Hall–Kier alpha value is -3.36. The van der Waals surface area contributed by atoms with Crippen LogP contribution in [0.1, 0.15) is 38.3 Å². The lowest BCUT2D eigenvalue weighted by molar-refractivity contribution is -0.139. The Morgan fingerprint density at radius 2 is 1.50 bits per heavy atom. The molecule has 0 aliphatic rings. The topological polar surface area (TPSA) is 86.8 Å². The van der Waals surface area contributed by atoms with Gasteiger partial charge < -0.3 is 10.2 Å². The molecule has 1 unspecified atom stereocenters. The number of sulfonamides is 1. The van der Waals surface area contributed by atoms with Crippen molar-refractivity contribution in [2.45, 2.75) is 51.1 Å². The van der Waals surface area contributed by atoms with Crippen LogP contribution in [0.2, 0.25) is 5.02 Å². The maximum atomic E-state index is 13.8. The molecule has 3 aromatic carbocycles. The molecular weight excluding hydrogens is 522 g/mol. The van der Waals surface area contributed by atoms with Crippen molar-refractivity contribution >= 4 is 39.1 Å². The van der Waals surface area contributed by atoms with Crippen LogP contribution in [0.5, 0.6) is 0 Å². The first-order valence-corrected chi connectivity index (χ1v) is 14.5. The van der Waals surface area contributed by atoms with Gasteiger partial charge in [0.2, 0.25) is 11.8 Å². The van der Waals surface area contributed by atoms with E-state index >= 15 is 0 Å². The highest BCUT2D eigenvalue weighted by Crippen LogP contribution is 2.25. The zero-order valence-electron chi connectivity index (χ0n) is 21.9. The third-order valence-electron chi connectivity index (χ3n) is 6.23. The fourth-order valence-electron chi connectivity index (χ4n) is 3.91. The highest BCUT2D eigenvalue weighted by Gasteiger charge is 2.32. The van der Waals surface area contributed by atoms with E-state index in [0.717, 1.165) is 28.3 Å². The van der Waals surface area contributed by atoms with Crippen molar-refractivity contribution in [1.29, 1.82) is 0 Å². The Bertz CT molecular complexity index is 1310. The summed E-state index contributed by atoms with van der Waals surface area (Å²) in [7, 11) is -4.07. The molecule has 0 radical (unpaired) electrons. The van der Waals surface area contributed by atoms with Crippen LogP contribution in [0.25, 0.3) is 0 Å². The molecule has 3 rings (SSSR count). The van der Waals surface area contributed by atoms with E-state index in [2.05, 4.69) is 5.32 Å². The molecule has 7 nitrogen and oxygen atoms in total. The molecule has 1 atom stereocenters. The molecule has 9 heteroatoms.